The molecule has 0 radical (unpaired) electrons. The lowest BCUT2D eigenvalue weighted by Gasteiger charge is -2.03. The van der Waals surface area contributed by atoms with Gasteiger partial charge in [-0.3, -0.25) is 0 Å². The molecule has 0 saturated heterocycles. The van der Waals surface area contributed by atoms with Gasteiger partial charge in [-0.2, -0.15) is 0 Å². The van der Waals surface area contributed by atoms with Crippen LogP contribution in [0, 0.1) is 0 Å². The largest absolute Gasteiger partial charge is 0.329 e. The zero-order valence-corrected chi connectivity index (χ0v) is 10.5. The average molecular weight is 269 g/mol. The fraction of sp³-hybridized carbons (Fsp3) is 0.333. The van der Waals surface area contributed by atoms with E-state index in [0.717, 1.165) is 17.6 Å². The van der Waals surface area contributed by atoms with Crippen LogP contribution in [0.1, 0.15) is 12.5 Å². The molecule has 1 aromatic rings. The standard InChI is InChI=1S/C12H17BrN2/c1-10(9-15-7-6-14)8-11-2-4-12(13)5-3-11/h2-5,8,15H,6-7,9,14H2,1H3. The first-order chi connectivity index (χ1) is 7.22. The molecule has 15 heavy (non-hydrogen) atoms. The second-order valence-corrected chi connectivity index (χ2v) is 4.42. The van der Waals surface area contributed by atoms with Crippen LogP contribution in [0.3, 0.4) is 0 Å². The van der Waals surface area contributed by atoms with E-state index in [-0.39, 0.29) is 0 Å². The van der Waals surface area contributed by atoms with Gasteiger partial charge in [0.25, 0.3) is 0 Å². The first-order valence-electron chi connectivity index (χ1n) is 5.06. The normalized spacial score (nSPS) is 11.8. The fourth-order valence-corrected chi connectivity index (χ4v) is 1.55. The number of halogens is 1. The zero-order valence-electron chi connectivity index (χ0n) is 8.96. The molecule has 0 aliphatic carbocycles. The lowest BCUT2D eigenvalue weighted by atomic mass is 10.1. The summed E-state index contributed by atoms with van der Waals surface area (Å²) in [5, 5.41) is 3.26. The summed E-state index contributed by atoms with van der Waals surface area (Å²) >= 11 is 3.42. The monoisotopic (exact) mass is 268 g/mol. The fourth-order valence-electron chi connectivity index (χ4n) is 1.28. The van der Waals surface area contributed by atoms with Gasteiger partial charge in [0.05, 0.1) is 0 Å². The molecular formula is C12H17BrN2. The number of rotatable bonds is 5. The molecule has 0 saturated carbocycles. The van der Waals surface area contributed by atoms with Crippen molar-refractivity contribution in [3.63, 3.8) is 0 Å². The average Bonchev–Trinajstić information content (AvgIpc) is 2.22. The summed E-state index contributed by atoms with van der Waals surface area (Å²) in [5.41, 5.74) is 7.93. The van der Waals surface area contributed by atoms with Gasteiger partial charge in [-0.05, 0) is 24.6 Å². The Hall–Kier alpha value is -0.640. The third-order valence-electron chi connectivity index (χ3n) is 2.01. The summed E-state index contributed by atoms with van der Waals surface area (Å²) in [4.78, 5) is 0. The highest BCUT2D eigenvalue weighted by molar-refractivity contribution is 9.10. The predicted octanol–water partition coefficient (Wildman–Crippen LogP) is 2.40. The van der Waals surface area contributed by atoms with E-state index < -0.39 is 0 Å². The maximum absolute atomic E-state index is 5.40. The Morgan fingerprint density at radius 1 is 1.40 bits per heavy atom. The Morgan fingerprint density at radius 2 is 2.07 bits per heavy atom. The van der Waals surface area contributed by atoms with Crippen molar-refractivity contribution in [3.8, 4) is 0 Å². The molecule has 0 atom stereocenters. The molecule has 1 aromatic carbocycles. The van der Waals surface area contributed by atoms with Crippen LogP contribution in [0.25, 0.3) is 6.08 Å². The third-order valence-corrected chi connectivity index (χ3v) is 2.54. The van der Waals surface area contributed by atoms with Crippen molar-refractivity contribution in [2.75, 3.05) is 19.6 Å². The summed E-state index contributed by atoms with van der Waals surface area (Å²) < 4.78 is 1.11. The SMILES string of the molecule is CC(=Cc1ccc(Br)cc1)CNCCN. The molecule has 3 N–H and O–H groups in total. The van der Waals surface area contributed by atoms with Crippen LogP contribution < -0.4 is 11.1 Å². The van der Waals surface area contributed by atoms with Crippen molar-refractivity contribution in [2.24, 2.45) is 5.73 Å². The molecule has 1 rings (SSSR count). The van der Waals surface area contributed by atoms with Crippen LogP contribution in [0.2, 0.25) is 0 Å². The number of hydrogen-bond acceptors (Lipinski definition) is 2. The summed E-state index contributed by atoms with van der Waals surface area (Å²) in [5.74, 6) is 0. The molecule has 0 heterocycles. The molecule has 0 spiro atoms. The van der Waals surface area contributed by atoms with Crippen molar-refractivity contribution in [3.05, 3.63) is 39.9 Å². The lowest BCUT2D eigenvalue weighted by molar-refractivity contribution is 0.738. The zero-order chi connectivity index (χ0) is 11.1. The van der Waals surface area contributed by atoms with E-state index in [4.69, 9.17) is 5.73 Å². The van der Waals surface area contributed by atoms with Gasteiger partial charge in [0.1, 0.15) is 0 Å². The van der Waals surface area contributed by atoms with Crippen molar-refractivity contribution < 1.29 is 0 Å². The smallest absolute Gasteiger partial charge is 0.0175 e. The van der Waals surface area contributed by atoms with E-state index in [1.165, 1.54) is 11.1 Å². The van der Waals surface area contributed by atoms with Crippen molar-refractivity contribution in [1.29, 1.82) is 0 Å². The van der Waals surface area contributed by atoms with E-state index >= 15 is 0 Å². The second-order valence-electron chi connectivity index (χ2n) is 3.51. The summed E-state index contributed by atoms with van der Waals surface area (Å²) in [6.45, 7) is 4.57. The molecule has 0 aliphatic heterocycles. The van der Waals surface area contributed by atoms with Crippen LogP contribution in [-0.4, -0.2) is 19.6 Å². The molecule has 0 fully saturated rings. The van der Waals surface area contributed by atoms with E-state index in [2.05, 4.69) is 46.4 Å². The van der Waals surface area contributed by atoms with Gasteiger partial charge in [-0.1, -0.05) is 39.7 Å². The van der Waals surface area contributed by atoms with Crippen molar-refractivity contribution >= 4 is 22.0 Å². The lowest BCUT2D eigenvalue weighted by Crippen LogP contribution is -2.23. The minimum atomic E-state index is 0.686. The minimum absolute atomic E-state index is 0.686. The number of benzene rings is 1. The van der Waals surface area contributed by atoms with E-state index in [9.17, 15) is 0 Å². The van der Waals surface area contributed by atoms with Gasteiger partial charge in [0.15, 0.2) is 0 Å². The number of nitrogens with one attached hydrogen (secondary N) is 1. The Bertz CT molecular complexity index is 317. The molecule has 0 bridgehead atoms. The Kier molecular flexibility index (Phi) is 5.61. The molecule has 2 nitrogen and oxygen atoms in total. The maximum Gasteiger partial charge on any atom is 0.0175 e. The molecule has 0 unspecified atom stereocenters. The number of nitrogens with two attached hydrogens (primary N) is 1. The van der Waals surface area contributed by atoms with Crippen molar-refractivity contribution in [1.82, 2.24) is 5.32 Å². The highest BCUT2D eigenvalue weighted by atomic mass is 79.9. The molecule has 3 heteroatoms. The molecule has 0 aliphatic rings. The van der Waals surface area contributed by atoms with E-state index in [1.54, 1.807) is 0 Å². The van der Waals surface area contributed by atoms with Crippen molar-refractivity contribution in [2.45, 2.75) is 6.92 Å². The Morgan fingerprint density at radius 3 is 2.67 bits per heavy atom. The molecule has 0 amide bonds. The van der Waals surface area contributed by atoms with Gasteiger partial charge in [-0.15, -0.1) is 0 Å². The number of hydrogen-bond donors (Lipinski definition) is 2. The van der Waals surface area contributed by atoms with Crippen LogP contribution >= 0.6 is 15.9 Å². The van der Waals surface area contributed by atoms with Gasteiger partial charge in [-0.25, -0.2) is 0 Å². The predicted molar refractivity (Wildman–Crippen MR) is 69.7 cm³/mol. The van der Waals surface area contributed by atoms with Gasteiger partial charge in [0.2, 0.25) is 0 Å². The van der Waals surface area contributed by atoms with Crippen LogP contribution in [0.15, 0.2) is 34.3 Å². The summed E-state index contributed by atoms with van der Waals surface area (Å²) in [6, 6.07) is 8.28. The maximum atomic E-state index is 5.40. The van der Waals surface area contributed by atoms with Gasteiger partial charge < -0.3 is 11.1 Å². The molecule has 0 aromatic heterocycles. The highest BCUT2D eigenvalue weighted by Gasteiger charge is 1.92. The molecule has 82 valence electrons. The third kappa shape index (κ3) is 5.11. The first-order valence-corrected chi connectivity index (χ1v) is 5.85. The Balaban J connectivity index is 2.50. The van der Waals surface area contributed by atoms with E-state index in [0.29, 0.717) is 6.54 Å². The molecular weight excluding hydrogens is 252 g/mol. The second kappa shape index (κ2) is 6.77. The quantitative estimate of drug-likeness (QED) is 0.805. The van der Waals surface area contributed by atoms with Crippen LogP contribution in [0.5, 0.6) is 0 Å². The van der Waals surface area contributed by atoms with Crippen LogP contribution in [0.4, 0.5) is 0 Å². The van der Waals surface area contributed by atoms with Gasteiger partial charge >= 0.3 is 0 Å². The van der Waals surface area contributed by atoms with Gasteiger partial charge in [0, 0.05) is 24.1 Å². The highest BCUT2D eigenvalue weighted by Crippen LogP contribution is 2.12. The van der Waals surface area contributed by atoms with Crippen LogP contribution in [-0.2, 0) is 0 Å². The summed E-state index contributed by atoms with van der Waals surface area (Å²) in [7, 11) is 0. The summed E-state index contributed by atoms with van der Waals surface area (Å²) in [6.07, 6.45) is 2.18. The Labute approximate surface area is 99.7 Å². The van der Waals surface area contributed by atoms with E-state index in [1.807, 2.05) is 12.1 Å². The topological polar surface area (TPSA) is 38.0 Å². The minimum Gasteiger partial charge on any atom is -0.329 e. The first kappa shape index (κ1) is 12.4.